The molecule has 0 fully saturated rings. The maximum absolute atomic E-state index is 13.7. The van der Waals surface area contributed by atoms with Crippen LogP contribution >= 0.6 is 23.1 Å². The maximum atomic E-state index is 13.7. The summed E-state index contributed by atoms with van der Waals surface area (Å²) >= 11 is 2.82. The molecule has 0 aliphatic heterocycles. The lowest BCUT2D eigenvalue weighted by Crippen LogP contribution is -2.31. The molecule has 0 aliphatic carbocycles. The summed E-state index contributed by atoms with van der Waals surface area (Å²) in [6.45, 7) is 8.20. The minimum atomic E-state index is -0.447. The summed E-state index contributed by atoms with van der Waals surface area (Å²) in [4.78, 5) is 33.1. The molecule has 166 valence electrons. The van der Waals surface area contributed by atoms with Gasteiger partial charge in [-0.25, -0.2) is 4.98 Å². The monoisotopic (exact) mass is 467 g/mol. The number of aromatic nitrogens is 2. The zero-order chi connectivity index (χ0) is 22.8. The van der Waals surface area contributed by atoms with Gasteiger partial charge in [0.1, 0.15) is 10.6 Å². The Bertz CT molecular complexity index is 1320. The Morgan fingerprint density at radius 2 is 2.09 bits per heavy atom. The molecule has 8 heteroatoms. The zero-order valence-corrected chi connectivity index (χ0v) is 20.1. The van der Waals surface area contributed by atoms with Gasteiger partial charge in [0, 0.05) is 4.88 Å². The van der Waals surface area contributed by atoms with Gasteiger partial charge in [-0.2, -0.15) is 0 Å². The Morgan fingerprint density at radius 1 is 1.28 bits per heavy atom. The predicted molar refractivity (Wildman–Crippen MR) is 130 cm³/mol. The molecular weight excluding hydrogens is 442 g/mol. The van der Waals surface area contributed by atoms with Gasteiger partial charge in [0.25, 0.3) is 5.56 Å². The molecule has 3 aromatic heterocycles. The van der Waals surface area contributed by atoms with Crippen LogP contribution < -0.4 is 10.9 Å². The second kappa shape index (κ2) is 9.34. The molecule has 32 heavy (non-hydrogen) atoms. The summed E-state index contributed by atoms with van der Waals surface area (Å²) in [5.74, 6) is 0.543. The standard InChI is InChI=1S/C24H25N3O3S2/c1-5-19-15(3)31-22-20(19)23(29)27(17-9-6-8-14(2)12-17)24(26-22)32-16(4)21(28)25-13-18-10-7-11-30-18/h6-12,16H,5,13H2,1-4H3,(H,25,28)/t16-/m0/s1. The van der Waals surface area contributed by atoms with Crippen LogP contribution in [0.3, 0.4) is 0 Å². The van der Waals surface area contributed by atoms with Crippen LogP contribution in [0.25, 0.3) is 15.9 Å². The minimum absolute atomic E-state index is 0.0903. The van der Waals surface area contributed by atoms with Crippen LogP contribution in [0, 0.1) is 13.8 Å². The summed E-state index contributed by atoms with van der Waals surface area (Å²) < 4.78 is 6.92. The Kier molecular flexibility index (Phi) is 6.53. The van der Waals surface area contributed by atoms with Crippen molar-refractivity contribution in [1.29, 1.82) is 0 Å². The van der Waals surface area contributed by atoms with E-state index in [0.29, 0.717) is 22.8 Å². The first kappa shape index (κ1) is 22.4. The molecule has 6 nitrogen and oxygen atoms in total. The number of thiophene rings is 1. The van der Waals surface area contributed by atoms with Crippen molar-refractivity contribution in [1.82, 2.24) is 14.9 Å². The first-order chi connectivity index (χ1) is 15.4. The fourth-order valence-electron chi connectivity index (χ4n) is 3.64. The number of fused-ring (bicyclic) bond motifs is 1. The van der Waals surface area contributed by atoms with E-state index in [1.54, 1.807) is 16.9 Å². The molecule has 4 aromatic rings. The van der Waals surface area contributed by atoms with Crippen molar-refractivity contribution < 1.29 is 9.21 Å². The van der Waals surface area contributed by atoms with E-state index in [0.717, 1.165) is 32.9 Å². The number of carbonyl (C=O) groups excluding carboxylic acids is 1. The Morgan fingerprint density at radius 3 is 2.78 bits per heavy atom. The highest BCUT2D eigenvalue weighted by molar-refractivity contribution is 8.00. The molecule has 0 radical (unpaired) electrons. The lowest BCUT2D eigenvalue weighted by molar-refractivity contribution is -0.120. The summed E-state index contributed by atoms with van der Waals surface area (Å²) in [5, 5.41) is 3.62. The van der Waals surface area contributed by atoms with Crippen molar-refractivity contribution in [2.75, 3.05) is 0 Å². The molecule has 0 bridgehead atoms. The number of rotatable bonds is 7. The zero-order valence-electron chi connectivity index (χ0n) is 18.5. The van der Waals surface area contributed by atoms with Gasteiger partial charge >= 0.3 is 0 Å². The van der Waals surface area contributed by atoms with Gasteiger partial charge in [-0.05, 0) is 62.6 Å². The maximum Gasteiger partial charge on any atom is 0.267 e. The first-order valence-corrected chi connectivity index (χ1v) is 12.2. The number of carbonyl (C=O) groups is 1. The van der Waals surface area contributed by atoms with Crippen LogP contribution in [0.15, 0.2) is 57.0 Å². The molecule has 0 saturated heterocycles. The molecule has 4 rings (SSSR count). The highest BCUT2D eigenvalue weighted by Crippen LogP contribution is 2.32. The highest BCUT2D eigenvalue weighted by atomic mass is 32.2. The Balaban J connectivity index is 1.74. The third-order valence-electron chi connectivity index (χ3n) is 5.28. The highest BCUT2D eigenvalue weighted by Gasteiger charge is 2.23. The van der Waals surface area contributed by atoms with E-state index in [9.17, 15) is 9.59 Å². The van der Waals surface area contributed by atoms with Crippen molar-refractivity contribution in [2.24, 2.45) is 0 Å². The number of thioether (sulfide) groups is 1. The van der Waals surface area contributed by atoms with E-state index in [1.807, 2.05) is 51.1 Å². The molecule has 0 unspecified atom stereocenters. The molecule has 1 aromatic carbocycles. The largest absolute Gasteiger partial charge is 0.467 e. The normalized spacial score (nSPS) is 12.2. The van der Waals surface area contributed by atoms with E-state index in [-0.39, 0.29) is 11.5 Å². The topological polar surface area (TPSA) is 77.1 Å². The average molecular weight is 468 g/mol. The van der Waals surface area contributed by atoms with Crippen LogP contribution in [0.1, 0.15) is 35.6 Å². The van der Waals surface area contributed by atoms with Crippen molar-refractivity contribution in [3.8, 4) is 5.69 Å². The number of amides is 1. The third-order valence-corrected chi connectivity index (χ3v) is 7.37. The van der Waals surface area contributed by atoms with Gasteiger partial charge in [0.05, 0.1) is 29.1 Å². The lowest BCUT2D eigenvalue weighted by atomic mass is 10.1. The fourth-order valence-corrected chi connectivity index (χ4v) is 5.75. The molecule has 0 aliphatic rings. The summed E-state index contributed by atoms with van der Waals surface area (Å²) in [5.41, 5.74) is 2.75. The van der Waals surface area contributed by atoms with Crippen molar-refractivity contribution in [2.45, 2.75) is 51.1 Å². The van der Waals surface area contributed by atoms with Gasteiger partial charge in [-0.15, -0.1) is 11.3 Å². The Labute approximate surface area is 194 Å². The number of aryl methyl sites for hydroxylation is 3. The van der Waals surface area contributed by atoms with Gasteiger partial charge < -0.3 is 9.73 Å². The predicted octanol–water partition coefficient (Wildman–Crippen LogP) is 5.02. The number of hydrogen-bond acceptors (Lipinski definition) is 6. The van der Waals surface area contributed by atoms with E-state index < -0.39 is 5.25 Å². The number of furan rings is 1. The molecule has 0 spiro atoms. The molecule has 0 saturated carbocycles. The Hall–Kier alpha value is -2.84. The summed E-state index contributed by atoms with van der Waals surface area (Å²) in [7, 11) is 0. The average Bonchev–Trinajstić information content (AvgIpc) is 3.39. The van der Waals surface area contributed by atoms with Gasteiger partial charge in [0.2, 0.25) is 5.91 Å². The van der Waals surface area contributed by atoms with Crippen molar-refractivity contribution in [3.63, 3.8) is 0 Å². The quantitative estimate of drug-likeness (QED) is 0.305. The van der Waals surface area contributed by atoms with Gasteiger partial charge in [0.15, 0.2) is 5.16 Å². The SMILES string of the molecule is CCc1c(C)sc2nc(S[C@@H](C)C(=O)NCc3ccco3)n(-c3cccc(C)c3)c(=O)c12. The van der Waals surface area contributed by atoms with Crippen LogP contribution in [0.2, 0.25) is 0 Å². The second-order valence-electron chi connectivity index (χ2n) is 7.60. The number of benzene rings is 1. The summed E-state index contributed by atoms with van der Waals surface area (Å²) in [6.07, 6.45) is 2.35. The molecule has 1 amide bonds. The molecule has 1 N–H and O–H groups in total. The van der Waals surface area contributed by atoms with E-state index in [2.05, 4.69) is 12.2 Å². The minimum Gasteiger partial charge on any atom is -0.467 e. The third kappa shape index (κ3) is 4.38. The van der Waals surface area contributed by atoms with Crippen molar-refractivity contribution in [3.05, 3.63) is 74.8 Å². The van der Waals surface area contributed by atoms with Crippen LogP contribution in [-0.2, 0) is 17.8 Å². The van der Waals surface area contributed by atoms with E-state index >= 15 is 0 Å². The van der Waals surface area contributed by atoms with Crippen LogP contribution in [0.4, 0.5) is 0 Å². The second-order valence-corrected chi connectivity index (χ2v) is 10.1. The van der Waals surface area contributed by atoms with Gasteiger partial charge in [-0.1, -0.05) is 30.8 Å². The lowest BCUT2D eigenvalue weighted by Gasteiger charge is -2.16. The number of hydrogen-bond donors (Lipinski definition) is 1. The van der Waals surface area contributed by atoms with Crippen LogP contribution in [0.5, 0.6) is 0 Å². The number of nitrogens with zero attached hydrogens (tertiary/aromatic N) is 2. The number of nitrogens with one attached hydrogen (secondary N) is 1. The van der Waals surface area contributed by atoms with E-state index in [4.69, 9.17) is 9.40 Å². The summed E-state index contributed by atoms with van der Waals surface area (Å²) in [6, 6.07) is 11.4. The smallest absolute Gasteiger partial charge is 0.267 e. The van der Waals surface area contributed by atoms with Gasteiger partial charge in [-0.3, -0.25) is 14.2 Å². The van der Waals surface area contributed by atoms with Crippen LogP contribution in [-0.4, -0.2) is 20.7 Å². The molecule has 1 atom stereocenters. The molecular formula is C24H25N3O3S2. The fraction of sp³-hybridized carbons (Fsp3) is 0.292. The molecule has 3 heterocycles. The van der Waals surface area contributed by atoms with Crippen molar-refractivity contribution >= 4 is 39.2 Å². The van der Waals surface area contributed by atoms with E-state index in [1.165, 1.54) is 23.1 Å². The first-order valence-electron chi connectivity index (χ1n) is 10.5.